The molecule has 0 radical (unpaired) electrons. The minimum atomic E-state index is -0.413. The van der Waals surface area contributed by atoms with Gasteiger partial charge < -0.3 is 10.8 Å². The first kappa shape index (κ1) is 13.8. The van der Waals surface area contributed by atoms with Gasteiger partial charge in [0.15, 0.2) is 0 Å². The topological polar surface area (TPSA) is 46.2 Å². The first-order valence-corrected chi connectivity index (χ1v) is 6.72. The van der Waals surface area contributed by atoms with E-state index >= 15 is 0 Å². The summed E-state index contributed by atoms with van der Waals surface area (Å²) >= 11 is 5.97. The van der Waals surface area contributed by atoms with Crippen LogP contribution in [0.2, 0.25) is 5.02 Å². The van der Waals surface area contributed by atoms with E-state index in [0.717, 1.165) is 12.0 Å². The van der Waals surface area contributed by atoms with Gasteiger partial charge in [-0.05, 0) is 30.4 Å². The molecule has 0 amide bonds. The Morgan fingerprint density at radius 1 is 1.44 bits per heavy atom. The zero-order valence-corrected chi connectivity index (χ0v) is 11.1. The van der Waals surface area contributed by atoms with Crippen LogP contribution in [0.1, 0.15) is 24.8 Å². The van der Waals surface area contributed by atoms with Gasteiger partial charge in [-0.15, -0.1) is 0 Å². The molecule has 1 aromatic carbocycles. The fourth-order valence-corrected chi connectivity index (χ4v) is 2.63. The molecule has 2 rings (SSSR count). The van der Waals surface area contributed by atoms with E-state index in [2.05, 4.69) is 0 Å². The number of aliphatic hydroxyl groups is 1. The Bertz CT molecular complexity index is 416. The van der Waals surface area contributed by atoms with Crippen molar-refractivity contribution >= 4 is 11.6 Å². The number of rotatable bonds is 6. The summed E-state index contributed by atoms with van der Waals surface area (Å²) in [6.07, 6.45) is 3.84. The van der Waals surface area contributed by atoms with Crippen LogP contribution in [0.4, 0.5) is 4.39 Å². The Labute approximate surface area is 112 Å². The van der Waals surface area contributed by atoms with Gasteiger partial charge in [0, 0.05) is 12.0 Å². The molecule has 1 saturated carbocycles. The highest BCUT2D eigenvalue weighted by molar-refractivity contribution is 6.31. The Balaban J connectivity index is 2.19. The maximum Gasteiger partial charge on any atom is 0.142 e. The smallest absolute Gasteiger partial charge is 0.142 e. The van der Waals surface area contributed by atoms with Gasteiger partial charge in [-0.3, -0.25) is 0 Å². The van der Waals surface area contributed by atoms with Crippen molar-refractivity contribution in [3.8, 4) is 0 Å². The zero-order valence-electron chi connectivity index (χ0n) is 10.3. The Morgan fingerprint density at radius 3 is 2.72 bits per heavy atom. The lowest BCUT2D eigenvalue weighted by Gasteiger charge is -2.31. The molecular formula is C14H19ClFNO. The van der Waals surface area contributed by atoms with Crippen LogP contribution in [0, 0.1) is 17.2 Å². The number of benzene rings is 1. The lowest BCUT2D eigenvalue weighted by Crippen LogP contribution is -2.37. The van der Waals surface area contributed by atoms with Gasteiger partial charge in [0.05, 0.1) is 11.6 Å². The van der Waals surface area contributed by atoms with E-state index in [-0.39, 0.29) is 17.0 Å². The number of halogens is 2. The monoisotopic (exact) mass is 271 g/mol. The fourth-order valence-electron chi connectivity index (χ4n) is 2.44. The second-order valence-electron chi connectivity index (χ2n) is 5.40. The van der Waals surface area contributed by atoms with Gasteiger partial charge >= 0.3 is 0 Å². The Morgan fingerprint density at radius 2 is 2.17 bits per heavy atom. The van der Waals surface area contributed by atoms with Crippen molar-refractivity contribution in [1.29, 1.82) is 0 Å². The number of hydrogen-bond donors (Lipinski definition) is 2. The Hall–Kier alpha value is -0.640. The molecular weight excluding hydrogens is 253 g/mol. The van der Waals surface area contributed by atoms with E-state index in [0.29, 0.717) is 18.9 Å². The second kappa shape index (κ2) is 5.55. The van der Waals surface area contributed by atoms with Gasteiger partial charge in [0.1, 0.15) is 5.82 Å². The highest BCUT2D eigenvalue weighted by Crippen LogP contribution is 2.42. The maximum atomic E-state index is 13.4. The van der Waals surface area contributed by atoms with E-state index in [1.54, 1.807) is 12.1 Å². The first-order valence-electron chi connectivity index (χ1n) is 6.34. The van der Waals surface area contributed by atoms with Gasteiger partial charge in [0.25, 0.3) is 0 Å². The fraction of sp³-hybridized carbons (Fsp3) is 0.571. The molecule has 1 atom stereocenters. The van der Waals surface area contributed by atoms with E-state index in [4.69, 9.17) is 17.3 Å². The molecule has 4 heteroatoms. The minimum absolute atomic E-state index is 0.0207. The average molecular weight is 272 g/mol. The first-order chi connectivity index (χ1) is 8.60. The number of hydrogen-bond acceptors (Lipinski definition) is 2. The van der Waals surface area contributed by atoms with E-state index in [1.165, 1.54) is 18.9 Å². The predicted octanol–water partition coefficient (Wildman–Crippen LogP) is 2.76. The summed E-state index contributed by atoms with van der Waals surface area (Å²) in [5.41, 5.74) is 6.20. The zero-order chi connectivity index (χ0) is 13.2. The highest BCUT2D eigenvalue weighted by atomic mass is 35.5. The van der Waals surface area contributed by atoms with Crippen molar-refractivity contribution < 1.29 is 9.50 Å². The van der Waals surface area contributed by atoms with Crippen molar-refractivity contribution in [2.75, 3.05) is 13.2 Å². The second-order valence-corrected chi connectivity index (χ2v) is 5.78. The van der Waals surface area contributed by atoms with Gasteiger partial charge in [-0.1, -0.05) is 36.6 Å². The van der Waals surface area contributed by atoms with Gasteiger partial charge in [-0.2, -0.15) is 0 Å². The highest BCUT2D eigenvalue weighted by Gasteiger charge is 2.36. The van der Waals surface area contributed by atoms with Crippen LogP contribution >= 0.6 is 11.6 Å². The van der Waals surface area contributed by atoms with E-state index in [1.807, 2.05) is 0 Å². The summed E-state index contributed by atoms with van der Waals surface area (Å²) < 4.78 is 13.4. The van der Waals surface area contributed by atoms with Gasteiger partial charge in [0.2, 0.25) is 0 Å². The van der Waals surface area contributed by atoms with Crippen LogP contribution in [0.5, 0.6) is 0 Å². The standard InChI is InChI=1S/C14H19ClFNO/c15-13-11(2-1-3-12(13)16)7-14(8-17,9-18)6-10-4-5-10/h1-3,10,18H,4-9,17H2. The van der Waals surface area contributed by atoms with E-state index in [9.17, 15) is 9.50 Å². The van der Waals surface area contributed by atoms with Crippen molar-refractivity contribution in [3.63, 3.8) is 0 Å². The molecule has 0 heterocycles. The van der Waals surface area contributed by atoms with Gasteiger partial charge in [-0.25, -0.2) is 4.39 Å². The summed E-state index contributed by atoms with van der Waals surface area (Å²) in [5.74, 6) is 0.248. The molecule has 0 bridgehead atoms. The molecule has 18 heavy (non-hydrogen) atoms. The largest absolute Gasteiger partial charge is 0.396 e. The summed E-state index contributed by atoms with van der Waals surface area (Å²) in [7, 11) is 0. The van der Waals surface area contributed by atoms with Crippen LogP contribution in [-0.2, 0) is 6.42 Å². The maximum absolute atomic E-state index is 13.4. The SMILES string of the molecule is NCC(CO)(Cc1cccc(F)c1Cl)CC1CC1. The normalized spacial score (nSPS) is 18.7. The third-order valence-corrected chi connectivity index (χ3v) is 4.21. The average Bonchev–Trinajstić information content (AvgIpc) is 3.18. The summed E-state index contributed by atoms with van der Waals surface area (Å²) in [4.78, 5) is 0. The van der Waals surface area contributed by atoms with Crippen molar-refractivity contribution in [3.05, 3.63) is 34.6 Å². The summed E-state index contributed by atoms with van der Waals surface area (Å²) in [5, 5.41) is 9.81. The van der Waals surface area contributed by atoms with Crippen LogP contribution in [0.3, 0.4) is 0 Å². The molecule has 100 valence electrons. The number of aliphatic hydroxyl groups excluding tert-OH is 1. The summed E-state index contributed by atoms with van der Waals surface area (Å²) in [6.45, 7) is 0.416. The molecule has 2 nitrogen and oxygen atoms in total. The molecule has 0 saturated heterocycles. The Kier molecular flexibility index (Phi) is 4.25. The minimum Gasteiger partial charge on any atom is -0.396 e. The molecule has 1 fully saturated rings. The van der Waals surface area contributed by atoms with Crippen molar-refractivity contribution in [2.24, 2.45) is 17.1 Å². The molecule has 0 spiro atoms. The summed E-state index contributed by atoms with van der Waals surface area (Å²) in [6, 6.07) is 4.79. The number of nitrogens with two attached hydrogens (primary N) is 1. The third-order valence-electron chi connectivity index (χ3n) is 3.78. The van der Waals surface area contributed by atoms with Crippen LogP contribution in [0.15, 0.2) is 18.2 Å². The molecule has 1 aliphatic carbocycles. The van der Waals surface area contributed by atoms with Crippen molar-refractivity contribution in [1.82, 2.24) is 0 Å². The molecule has 1 aromatic rings. The molecule has 3 N–H and O–H groups in total. The van der Waals surface area contributed by atoms with Crippen LogP contribution in [0.25, 0.3) is 0 Å². The molecule has 0 aromatic heterocycles. The van der Waals surface area contributed by atoms with Crippen molar-refractivity contribution in [2.45, 2.75) is 25.7 Å². The van der Waals surface area contributed by atoms with E-state index < -0.39 is 5.82 Å². The molecule has 0 aliphatic heterocycles. The lowest BCUT2D eigenvalue weighted by molar-refractivity contribution is 0.115. The quantitative estimate of drug-likeness (QED) is 0.836. The predicted molar refractivity (Wildman–Crippen MR) is 71.0 cm³/mol. The molecule has 1 aliphatic rings. The van der Waals surface area contributed by atoms with Crippen LogP contribution < -0.4 is 5.73 Å². The lowest BCUT2D eigenvalue weighted by atomic mass is 9.78. The molecule has 1 unspecified atom stereocenters. The van der Waals surface area contributed by atoms with Crippen LogP contribution in [-0.4, -0.2) is 18.3 Å². The third kappa shape index (κ3) is 3.02.